The van der Waals surface area contributed by atoms with Gasteiger partial charge in [0.25, 0.3) is 0 Å². The van der Waals surface area contributed by atoms with Gasteiger partial charge in [0, 0.05) is 0 Å². The van der Waals surface area contributed by atoms with Gasteiger partial charge >= 0.3 is 0 Å². The molecule has 0 heterocycles. The zero-order valence-corrected chi connectivity index (χ0v) is 8.06. The summed E-state index contributed by atoms with van der Waals surface area (Å²) in [7, 11) is 0. The van der Waals surface area contributed by atoms with Crippen LogP contribution in [0.25, 0.3) is 4.85 Å². The highest BCUT2D eigenvalue weighted by Gasteiger charge is 2.14. The number of nitrogens with zero attached hydrogens (tertiary/aromatic N) is 1. The third-order valence-corrected chi connectivity index (χ3v) is 1.88. The van der Waals surface area contributed by atoms with Gasteiger partial charge in [0.1, 0.15) is 5.82 Å². The molecule has 68 valence electrons. The predicted molar refractivity (Wildman–Crippen MR) is 51.4 cm³/mol. The largest absolute Gasteiger partial charge is 0.238 e. The number of benzene rings is 1. The molecule has 0 atom stereocenters. The lowest BCUT2D eigenvalue weighted by Gasteiger charge is -2.19. The van der Waals surface area contributed by atoms with Gasteiger partial charge in [-0.3, -0.25) is 0 Å². The fourth-order valence-corrected chi connectivity index (χ4v) is 1.07. The highest BCUT2D eigenvalue weighted by molar-refractivity contribution is 5.48. The minimum absolute atomic E-state index is 0.110. The van der Waals surface area contributed by atoms with Crippen molar-refractivity contribution in [3.8, 4) is 0 Å². The molecule has 0 unspecified atom stereocenters. The summed E-state index contributed by atoms with van der Waals surface area (Å²) in [5.41, 5.74) is 1.12. The molecule has 0 radical (unpaired) electrons. The van der Waals surface area contributed by atoms with Gasteiger partial charge in [-0.05, 0) is 17.5 Å². The lowest BCUT2D eigenvalue weighted by atomic mass is 9.87. The average molecular weight is 177 g/mol. The van der Waals surface area contributed by atoms with Crippen molar-refractivity contribution < 1.29 is 4.39 Å². The van der Waals surface area contributed by atoms with Crippen LogP contribution in [0.5, 0.6) is 0 Å². The van der Waals surface area contributed by atoms with Crippen molar-refractivity contribution in [1.82, 2.24) is 0 Å². The van der Waals surface area contributed by atoms with Crippen LogP contribution < -0.4 is 0 Å². The Kier molecular flexibility index (Phi) is 2.38. The summed E-state index contributed by atoms with van der Waals surface area (Å²) in [4.78, 5) is 3.22. The molecular weight excluding hydrogens is 165 g/mol. The SMILES string of the molecule is [C-]#[N+]c1cc(F)cc(C(C)(C)C)c1. The molecule has 1 aromatic rings. The van der Waals surface area contributed by atoms with Crippen LogP contribution in [-0.2, 0) is 5.41 Å². The number of hydrogen-bond donors (Lipinski definition) is 0. The Morgan fingerprint density at radius 3 is 2.31 bits per heavy atom. The van der Waals surface area contributed by atoms with Gasteiger partial charge in [-0.1, -0.05) is 32.4 Å². The van der Waals surface area contributed by atoms with Crippen molar-refractivity contribution >= 4 is 5.69 Å². The Labute approximate surface area is 78.0 Å². The first-order chi connectivity index (χ1) is 5.93. The molecule has 1 rings (SSSR count). The van der Waals surface area contributed by atoms with Gasteiger partial charge < -0.3 is 0 Å². The summed E-state index contributed by atoms with van der Waals surface area (Å²) in [5, 5.41) is 0. The second-order valence-electron chi connectivity index (χ2n) is 4.06. The Balaban J connectivity index is 3.26. The fourth-order valence-electron chi connectivity index (χ4n) is 1.07. The first-order valence-corrected chi connectivity index (χ1v) is 4.12. The maximum atomic E-state index is 13.0. The van der Waals surface area contributed by atoms with E-state index in [9.17, 15) is 4.39 Å². The maximum absolute atomic E-state index is 13.0. The van der Waals surface area contributed by atoms with Crippen LogP contribution in [0.4, 0.5) is 10.1 Å². The highest BCUT2D eigenvalue weighted by Crippen LogP contribution is 2.27. The van der Waals surface area contributed by atoms with E-state index in [1.54, 1.807) is 6.07 Å². The van der Waals surface area contributed by atoms with E-state index in [4.69, 9.17) is 6.57 Å². The zero-order chi connectivity index (χ0) is 10.1. The molecule has 0 saturated carbocycles. The van der Waals surface area contributed by atoms with Crippen LogP contribution >= 0.6 is 0 Å². The molecule has 0 aliphatic heterocycles. The monoisotopic (exact) mass is 177 g/mol. The second kappa shape index (κ2) is 3.18. The summed E-state index contributed by atoms with van der Waals surface area (Å²) in [6, 6.07) is 4.47. The van der Waals surface area contributed by atoms with Gasteiger partial charge in [0.2, 0.25) is 0 Å². The van der Waals surface area contributed by atoms with Crippen molar-refractivity contribution in [1.29, 1.82) is 0 Å². The summed E-state index contributed by atoms with van der Waals surface area (Å²) < 4.78 is 13.0. The van der Waals surface area contributed by atoms with E-state index in [0.717, 1.165) is 5.56 Å². The van der Waals surface area contributed by atoms with Crippen LogP contribution in [0, 0.1) is 12.4 Å². The van der Waals surface area contributed by atoms with Crippen molar-refractivity contribution in [3.05, 3.63) is 41.0 Å². The van der Waals surface area contributed by atoms with E-state index >= 15 is 0 Å². The van der Waals surface area contributed by atoms with Crippen LogP contribution in [-0.4, -0.2) is 0 Å². The van der Waals surface area contributed by atoms with Crippen molar-refractivity contribution in [2.24, 2.45) is 0 Å². The average Bonchev–Trinajstić information content (AvgIpc) is 2.01. The van der Waals surface area contributed by atoms with Gasteiger partial charge in [0.05, 0.1) is 6.57 Å². The van der Waals surface area contributed by atoms with E-state index in [-0.39, 0.29) is 11.2 Å². The van der Waals surface area contributed by atoms with Gasteiger partial charge in [-0.25, -0.2) is 9.24 Å². The number of rotatable bonds is 0. The minimum Gasteiger partial charge on any atom is -0.238 e. The smallest absolute Gasteiger partial charge is 0.190 e. The molecule has 0 spiro atoms. The first kappa shape index (κ1) is 9.73. The molecule has 1 aromatic carbocycles. The van der Waals surface area contributed by atoms with Crippen LogP contribution in [0.2, 0.25) is 0 Å². The third-order valence-electron chi connectivity index (χ3n) is 1.88. The normalized spacial score (nSPS) is 11.0. The van der Waals surface area contributed by atoms with Gasteiger partial charge in [-0.2, -0.15) is 0 Å². The Morgan fingerprint density at radius 1 is 1.23 bits per heavy atom. The molecule has 0 N–H and O–H groups in total. The Hall–Kier alpha value is -1.36. The minimum atomic E-state index is -0.335. The number of hydrogen-bond acceptors (Lipinski definition) is 0. The summed E-state index contributed by atoms with van der Waals surface area (Å²) >= 11 is 0. The molecule has 0 saturated heterocycles. The molecule has 2 heteroatoms. The topological polar surface area (TPSA) is 4.36 Å². The summed E-state index contributed by atoms with van der Waals surface area (Å²) in [6.45, 7) is 12.8. The molecule has 0 fully saturated rings. The zero-order valence-electron chi connectivity index (χ0n) is 8.06. The van der Waals surface area contributed by atoms with Crippen LogP contribution in [0.15, 0.2) is 18.2 Å². The molecule has 0 aliphatic carbocycles. The lowest BCUT2D eigenvalue weighted by Crippen LogP contribution is -2.10. The lowest BCUT2D eigenvalue weighted by molar-refractivity contribution is 0.573. The van der Waals surface area contributed by atoms with Crippen molar-refractivity contribution in [3.63, 3.8) is 0 Å². The first-order valence-electron chi connectivity index (χ1n) is 4.12. The highest BCUT2D eigenvalue weighted by atomic mass is 19.1. The summed E-state index contributed by atoms with van der Waals surface area (Å²) in [5.74, 6) is -0.335. The second-order valence-corrected chi connectivity index (χ2v) is 4.06. The molecule has 0 amide bonds. The van der Waals surface area contributed by atoms with Crippen molar-refractivity contribution in [2.45, 2.75) is 26.2 Å². The Bertz CT molecular complexity index is 355. The quantitative estimate of drug-likeness (QED) is 0.532. The van der Waals surface area contributed by atoms with Gasteiger partial charge in [0.15, 0.2) is 5.69 Å². The van der Waals surface area contributed by atoms with Crippen LogP contribution in [0.3, 0.4) is 0 Å². The summed E-state index contributed by atoms with van der Waals surface area (Å²) in [6.07, 6.45) is 0. The molecule has 0 aliphatic rings. The van der Waals surface area contributed by atoms with E-state index in [0.29, 0.717) is 5.69 Å². The molecular formula is C11H12FN. The molecule has 1 nitrogen and oxygen atoms in total. The van der Waals surface area contributed by atoms with E-state index < -0.39 is 0 Å². The predicted octanol–water partition coefficient (Wildman–Crippen LogP) is 3.67. The van der Waals surface area contributed by atoms with Crippen LogP contribution in [0.1, 0.15) is 26.3 Å². The number of halogens is 1. The van der Waals surface area contributed by atoms with Gasteiger partial charge in [-0.15, -0.1) is 0 Å². The van der Waals surface area contributed by atoms with E-state index in [2.05, 4.69) is 4.85 Å². The van der Waals surface area contributed by atoms with E-state index in [1.807, 2.05) is 20.8 Å². The standard InChI is InChI=1S/C11H12FN/c1-11(2,3)8-5-9(12)7-10(6-8)13-4/h5-7H,1-3H3. The molecule has 13 heavy (non-hydrogen) atoms. The molecule has 0 bridgehead atoms. The molecule has 0 aromatic heterocycles. The maximum Gasteiger partial charge on any atom is 0.190 e. The fraction of sp³-hybridized carbons (Fsp3) is 0.364. The van der Waals surface area contributed by atoms with E-state index in [1.165, 1.54) is 12.1 Å². The third kappa shape index (κ3) is 2.29. The Morgan fingerprint density at radius 2 is 1.85 bits per heavy atom. The van der Waals surface area contributed by atoms with Crippen molar-refractivity contribution in [2.75, 3.05) is 0 Å².